The highest BCUT2D eigenvalue weighted by atomic mass is 35.5. The third-order valence-electron chi connectivity index (χ3n) is 2.78. The Morgan fingerprint density at radius 2 is 1.78 bits per heavy atom. The van der Waals surface area contributed by atoms with E-state index in [1.807, 2.05) is 36.7 Å². The quantitative estimate of drug-likeness (QED) is 0.815. The Morgan fingerprint density at radius 1 is 1.11 bits per heavy atom. The molecule has 1 aromatic carbocycles. The summed E-state index contributed by atoms with van der Waals surface area (Å²) in [5, 5.41) is 7.40. The number of likely N-dealkylation sites (N-methyl/N-ethyl adjacent to an activating group) is 1. The van der Waals surface area contributed by atoms with E-state index < -0.39 is 0 Å². The molecule has 2 aromatic rings. The Kier molecular flexibility index (Phi) is 4.93. The first-order chi connectivity index (χ1) is 8.63. The topological polar surface area (TPSA) is 12.0 Å². The third-order valence-corrected chi connectivity index (χ3v) is 4.96. The van der Waals surface area contributed by atoms with Crippen LogP contribution in [0.4, 0.5) is 0 Å². The summed E-state index contributed by atoms with van der Waals surface area (Å²) < 4.78 is 0. The van der Waals surface area contributed by atoms with Gasteiger partial charge in [0.15, 0.2) is 0 Å². The van der Waals surface area contributed by atoms with Gasteiger partial charge in [0.25, 0.3) is 0 Å². The predicted molar refractivity (Wildman–Crippen MR) is 81.3 cm³/mol. The molecule has 0 aliphatic rings. The van der Waals surface area contributed by atoms with Crippen LogP contribution in [-0.2, 0) is 6.42 Å². The summed E-state index contributed by atoms with van der Waals surface area (Å²) in [6, 6.07) is 7.58. The van der Waals surface area contributed by atoms with Gasteiger partial charge in [0, 0.05) is 21.0 Å². The van der Waals surface area contributed by atoms with E-state index in [-0.39, 0.29) is 6.04 Å². The van der Waals surface area contributed by atoms with Crippen LogP contribution in [0.5, 0.6) is 0 Å². The van der Waals surface area contributed by atoms with Crippen molar-refractivity contribution in [3.63, 3.8) is 0 Å². The highest BCUT2D eigenvalue weighted by molar-refractivity contribution is 7.10. The average molecular weight is 321 g/mol. The molecule has 0 fully saturated rings. The highest BCUT2D eigenvalue weighted by Gasteiger charge is 2.17. The van der Waals surface area contributed by atoms with Crippen LogP contribution in [-0.4, -0.2) is 7.05 Å². The maximum atomic E-state index is 6.19. The van der Waals surface area contributed by atoms with Gasteiger partial charge in [-0.25, -0.2) is 0 Å². The zero-order valence-corrected chi connectivity index (χ0v) is 12.8. The van der Waals surface area contributed by atoms with Crippen LogP contribution >= 0.6 is 46.1 Å². The molecule has 1 nitrogen and oxygen atoms in total. The van der Waals surface area contributed by atoms with E-state index in [1.54, 1.807) is 11.3 Å². The minimum Gasteiger partial charge on any atom is -0.312 e. The molecule has 1 aromatic heterocycles. The highest BCUT2D eigenvalue weighted by Crippen LogP contribution is 2.34. The van der Waals surface area contributed by atoms with E-state index in [2.05, 4.69) is 5.32 Å². The van der Waals surface area contributed by atoms with Crippen LogP contribution < -0.4 is 5.32 Å². The van der Waals surface area contributed by atoms with Crippen LogP contribution in [0.2, 0.25) is 15.1 Å². The van der Waals surface area contributed by atoms with E-state index in [4.69, 9.17) is 34.8 Å². The number of halogens is 3. The lowest BCUT2D eigenvalue weighted by atomic mass is 10.0. The number of benzene rings is 1. The van der Waals surface area contributed by atoms with Crippen molar-refractivity contribution in [2.75, 3.05) is 7.05 Å². The minimum absolute atomic E-state index is 0.120. The zero-order valence-electron chi connectivity index (χ0n) is 9.71. The number of nitrogens with one attached hydrogen (secondary N) is 1. The van der Waals surface area contributed by atoms with Crippen molar-refractivity contribution in [2.45, 2.75) is 12.5 Å². The Hall–Kier alpha value is -0.250. The largest absolute Gasteiger partial charge is 0.312 e. The zero-order chi connectivity index (χ0) is 13.1. The molecule has 0 aliphatic carbocycles. The van der Waals surface area contributed by atoms with Crippen molar-refractivity contribution in [3.05, 3.63) is 55.2 Å². The number of thiophene rings is 1. The molecule has 5 heteroatoms. The maximum absolute atomic E-state index is 6.19. The second kappa shape index (κ2) is 6.27. The van der Waals surface area contributed by atoms with E-state index in [1.165, 1.54) is 0 Å². The van der Waals surface area contributed by atoms with Crippen molar-refractivity contribution in [3.8, 4) is 0 Å². The van der Waals surface area contributed by atoms with E-state index >= 15 is 0 Å². The lowest BCUT2D eigenvalue weighted by Gasteiger charge is -2.17. The summed E-state index contributed by atoms with van der Waals surface area (Å²) in [5.74, 6) is 0. The van der Waals surface area contributed by atoms with Crippen LogP contribution in [0.3, 0.4) is 0 Å². The van der Waals surface area contributed by atoms with Gasteiger partial charge >= 0.3 is 0 Å². The van der Waals surface area contributed by atoms with Gasteiger partial charge in [-0.1, -0.05) is 40.9 Å². The molecular formula is C13H12Cl3NS. The van der Waals surface area contributed by atoms with Crippen molar-refractivity contribution in [2.24, 2.45) is 0 Å². The van der Waals surface area contributed by atoms with Gasteiger partial charge in [-0.3, -0.25) is 0 Å². The Bertz CT molecular complexity index is 519. The lowest BCUT2D eigenvalue weighted by molar-refractivity contribution is 0.602. The van der Waals surface area contributed by atoms with Gasteiger partial charge in [-0.2, -0.15) is 0 Å². The fourth-order valence-electron chi connectivity index (χ4n) is 1.81. The predicted octanol–water partition coefficient (Wildman–Crippen LogP) is 5.21. The summed E-state index contributed by atoms with van der Waals surface area (Å²) in [6.45, 7) is 0. The molecular weight excluding hydrogens is 309 g/mol. The Labute approximate surface area is 126 Å². The molecule has 1 heterocycles. The first kappa shape index (κ1) is 14.2. The SMILES string of the molecule is CNC(Cc1c(Cl)cccc1Cl)c1sccc1Cl. The summed E-state index contributed by atoms with van der Waals surface area (Å²) in [5.41, 5.74) is 0.949. The first-order valence-corrected chi connectivity index (χ1v) is 7.48. The van der Waals surface area contributed by atoms with E-state index in [0.717, 1.165) is 21.9 Å². The smallest absolute Gasteiger partial charge is 0.0561 e. The Balaban J connectivity index is 2.29. The molecule has 0 amide bonds. The minimum atomic E-state index is 0.120. The van der Waals surface area contributed by atoms with E-state index in [0.29, 0.717) is 10.0 Å². The fourth-order valence-corrected chi connectivity index (χ4v) is 3.66. The van der Waals surface area contributed by atoms with Crippen molar-refractivity contribution in [1.82, 2.24) is 5.32 Å². The molecule has 1 unspecified atom stereocenters. The van der Waals surface area contributed by atoms with Gasteiger partial charge in [-0.05, 0) is 42.6 Å². The van der Waals surface area contributed by atoms with Crippen molar-refractivity contribution < 1.29 is 0 Å². The van der Waals surface area contributed by atoms with Crippen molar-refractivity contribution in [1.29, 1.82) is 0 Å². The molecule has 0 bridgehead atoms. The summed E-state index contributed by atoms with van der Waals surface area (Å²) in [6.07, 6.45) is 0.718. The maximum Gasteiger partial charge on any atom is 0.0561 e. The van der Waals surface area contributed by atoms with Crippen LogP contribution in [0.15, 0.2) is 29.6 Å². The second-order valence-electron chi connectivity index (χ2n) is 3.88. The molecule has 0 saturated heterocycles. The molecule has 0 spiro atoms. The van der Waals surface area contributed by atoms with Gasteiger partial charge < -0.3 is 5.32 Å². The molecule has 1 atom stereocenters. The first-order valence-electron chi connectivity index (χ1n) is 5.46. The fraction of sp³-hybridized carbons (Fsp3) is 0.231. The molecule has 0 radical (unpaired) electrons. The summed E-state index contributed by atoms with van der Waals surface area (Å²) in [4.78, 5) is 1.11. The lowest BCUT2D eigenvalue weighted by Crippen LogP contribution is -2.18. The Morgan fingerprint density at radius 3 is 2.28 bits per heavy atom. The molecule has 0 aliphatic heterocycles. The molecule has 2 rings (SSSR count). The summed E-state index contributed by atoms with van der Waals surface area (Å²) >= 11 is 20.2. The number of hydrogen-bond acceptors (Lipinski definition) is 2. The third kappa shape index (κ3) is 3.01. The normalized spacial score (nSPS) is 12.7. The van der Waals surface area contributed by atoms with Crippen LogP contribution in [0, 0.1) is 0 Å². The van der Waals surface area contributed by atoms with Crippen LogP contribution in [0.1, 0.15) is 16.5 Å². The average Bonchev–Trinajstić information content (AvgIpc) is 2.76. The van der Waals surface area contributed by atoms with E-state index in [9.17, 15) is 0 Å². The molecule has 1 N–H and O–H groups in total. The van der Waals surface area contributed by atoms with Gasteiger partial charge in [-0.15, -0.1) is 11.3 Å². The number of hydrogen-bond donors (Lipinski definition) is 1. The monoisotopic (exact) mass is 319 g/mol. The van der Waals surface area contributed by atoms with Crippen LogP contribution in [0.25, 0.3) is 0 Å². The van der Waals surface area contributed by atoms with Gasteiger partial charge in [0.05, 0.1) is 5.02 Å². The molecule has 18 heavy (non-hydrogen) atoms. The molecule has 0 saturated carbocycles. The molecule has 96 valence electrons. The standard InChI is InChI=1S/C13H12Cl3NS/c1-17-12(13-11(16)5-6-18-13)7-8-9(14)3-2-4-10(8)15/h2-6,12,17H,7H2,1H3. The second-order valence-corrected chi connectivity index (χ2v) is 6.05. The number of rotatable bonds is 4. The summed E-state index contributed by atoms with van der Waals surface area (Å²) in [7, 11) is 1.91. The van der Waals surface area contributed by atoms with Gasteiger partial charge in [0.1, 0.15) is 0 Å². The van der Waals surface area contributed by atoms with Crippen molar-refractivity contribution >= 4 is 46.1 Å². The van der Waals surface area contributed by atoms with Gasteiger partial charge in [0.2, 0.25) is 0 Å².